The standard InChI is InChI=1S/C24H28ClF2N7O2/c25-13-8-17(26)20(18(27)9-13)32-24-31-19-11-29-23(30-14-2-1-3-16(35)10-14)33-22(19)34(24)15-6-4-12(5-7-15)21(28)36/h8-9,11-12,14-16,35H,1-7,10H2,(H2,28,36)(H,31,32)(H,29,30,33). The van der Waals surface area contributed by atoms with Crippen molar-refractivity contribution < 1.29 is 18.7 Å². The minimum atomic E-state index is -0.847. The normalized spacial score (nSPS) is 24.6. The first-order valence-electron chi connectivity index (χ1n) is 12.2. The fraction of sp³-hybridized carbons (Fsp3) is 0.500. The number of rotatable bonds is 6. The van der Waals surface area contributed by atoms with E-state index in [0.717, 1.165) is 31.4 Å². The van der Waals surface area contributed by atoms with Crippen molar-refractivity contribution in [3.63, 3.8) is 0 Å². The summed E-state index contributed by atoms with van der Waals surface area (Å²) < 4.78 is 31.0. The quantitative estimate of drug-likeness (QED) is 0.379. The fourth-order valence-electron chi connectivity index (χ4n) is 5.26. The van der Waals surface area contributed by atoms with E-state index in [4.69, 9.17) is 22.3 Å². The van der Waals surface area contributed by atoms with Crippen molar-refractivity contribution in [1.29, 1.82) is 0 Å². The van der Waals surface area contributed by atoms with Gasteiger partial charge in [-0.05, 0) is 63.5 Å². The van der Waals surface area contributed by atoms with Crippen molar-refractivity contribution in [2.24, 2.45) is 11.7 Å². The lowest BCUT2D eigenvalue weighted by atomic mass is 9.85. The van der Waals surface area contributed by atoms with Gasteiger partial charge >= 0.3 is 0 Å². The van der Waals surface area contributed by atoms with Crippen LogP contribution in [-0.4, -0.2) is 42.7 Å². The van der Waals surface area contributed by atoms with Gasteiger partial charge in [-0.2, -0.15) is 4.98 Å². The molecule has 3 aromatic rings. The molecule has 2 saturated carbocycles. The third-order valence-corrected chi connectivity index (χ3v) is 7.34. The zero-order valence-electron chi connectivity index (χ0n) is 19.6. The summed E-state index contributed by atoms with van der Waals surface area (Å²) in [6.45, 7) is 0. The molecule has 9 nitrogen and oxygen atoms in total. The van der Waals surface area contributed by atoms with Crippen molar-refractivity contribution in [3.8, 4) is 0 Å². The largest absolute Gasteiger partial charge is 0.393 e. The van der Waals surface area contributed by atoms with Gasteiger partial charge in [0.05, 0.1) is 12.3 Å². The molecule has 0 saturated heterocycles. The van der Waals surface area contributed by atoms with Crippen LogP contribution >= 0.6 is 11.6 Å². The van der Waals surface area contributed by atoms with Crippen LogP contribution in [0.5, 0.6) is 0 Å². The average Bonchev–Trinajstić information content (AvgIpc) is 3.18. The molecule has 5 N–H and O–H groups in total. The zero-order chi connectivity index (χ0) is 25.4. The van der Waals surface area contributed by atoms with E-state index in [2.05, 4.69) is 20.6 Å². The molecule has 192 valence electrons. The Labute approximate surface area is 211 Å². The molecule has 2 atom stereocenters. The molecule has 1 amide bonds. The molecule has 1 aromatic carbocycles. The highest BCUT2D eigenvalue weighted by Crippen LogP contribution is 2.38. The number of aromatic nitrogens is 4. The number of primary amides is 1. The number of hydrogen-bond donors (Lipinski definition) is 4. The molecule has 36 heavy (non-hydrogen) atoms. The lowest BCUT2D eigenvalue weighted by Crippen LogP contribution is -2.30. The first-order chi connectivity index (χ1) is 17.3. The van der Waals surface area contributed by atoms with Gasteiger partial charge in [0.2, 0.25) is 17.8 Å². The molecule has 0 radical (unpaired) electrons. The number of carbonyl (C=O) groups excluding carboxylic acids is 1. The fourth-order valence-corrected chi connectivity index (χ4v) is 5.46. The summed E-state index contributed by atoms with van der Waals surface area (Å²) in [5, 5.41) is 16.0. The number of amides is 1. The molecule has 0 spiro atoms. The van der Waals surface area contributed by atoms with Crippen LogP contribution in [0.25, 0.3) is 11.2 Å². The van der Waals surface area contributed by atoms with Crippen LogP contribution in [-0.2, 0) is 4.79 Å². The van der Waals surface area contributed by atoms with Crippen LogP contribution < -0.4 is 16.4 Å². The second kappa shape index (κ2) is 10.1. The Morgan fingerprint density at radius 1 is 1.11 bits per heavy atom. The van der Waals surface area contributed by atoms with Crippen molar-refractivity contribution in [2.45, 2.75) is 69.6 Å². The summed E-state index contributed by atoms with van der Waals surface area (Å²) in [5.74, 6) is -1.61. The van der Waals surface area contributed by atoms with E-state index in [9.17, 15) is 18.7 Å². The number of carbonyl (C=O) groups is 1. The molecule has 12 heteroatoms. The average molecular weight is 520 g/mol. The minimum absolute atomic E-state index is 0.0448. The minimum Gasteiger partial charge on any atom is -0.393 e. The van der Waals surface area contributed by atoms with Crippen LogP contribution in [0.4, 0.5) is 26.4 Å². The van der Waals surface area contributed by atoms with Gasteiger partial charge < -0.3 is 21.5 Å². The molecule has 2 unspecified atom stereocenters. The number of halogens is 3. The Hall–Kier alpha value is -3.05. The van der Waals surface area contributed by atoms with Gasteiger partial charge in [-0.25, -0.2) is 18.7 Å². The second-order valence-corrected chi connectivity index (χ2v) is 10.1. The van der Waals surface area contributed by atoms with Gasteiger partial charge in [-0.3, -0.25) is 9.36 Å². The summed E-state index contributed by atoms with van der Waals surface area (Å²) in [4.78, 5) is 25.3. The smallest absolute Gasteiger partial charge is 0.224 e. The first kappa shape index (κ1) is 24.6. The Morgan fingerprint density at radius 3 is 2.50 bits per heavy atom. The number of aliphatic hydroxyl groups is 1. The van der Waals surface area contributed by atoms with Crippen molar-refractivity contribution >= 4 is 46.3 Å². The van der Waals surface area contributed by atoms with Crippen LogP contribution in [0.3, 0.4) is 0 Å². The number of imidazole rings is 1. The van der Waals surface area contributed by atoms with Gasteiger partial charge in [0.25, 0.3) is 0 Å². The molecule has 2 aliphatic carbocycles. The molecule has 0 bridgehead atoms. The van der Waals surface area contributed by atoms with E-state index in [1.807, 2.05) is 4.57 Å². The maximum Gasteiger partial charge on any atom is 0.224 e. The van der Waals surface area contributed by atoms with Crippen LogP contribution in [0.2, 0.25) is 5.02 Å². The molecule has 0 aliphatic heterocycles. The van der Waals surface area contributed by atoms with E-state index in [-0.39, 0.29) is 46.7 Å². The maximum atomic E-state index is 14.6. The van der Waals surface area contributed by atoms with Gasteiger partial charge in [0.15, 0.2) is 17.3 Å². The number of fused-ring (bicyclic) bond motifs is 1. The molecule has 2 aromatic heterocycles. The number of hydrogen-bond acceptors (Lipinski definition) is 7. The predicted octanol–water partition coefficient (Wildman–Crippen LogP) is 4.43. The summed E-state index contributed by atoms with van der Waals surface area (Å²) in [5.41, 5.74) is 6.10. The van der Waals surface area contributed by atoms with E-state index in [1.54, 1.807) is 6.20 Å². The van der Waals surface area contributed by atoms with E-state index in [1.165, 1.54) is 0 Å². The Balaban J connectivity index is 1.51. The number of nitrogens with zero attached hydrogens (tertiary/aromatic N) is 4. The van der Waals surface area contributed by atoms with Gasteiger partial charge in [0.1, 0.15) is 11.2 Å². The Morgan fingerprint density at radius 2 is 1.83 bits per heavy atom. The van der Waals surface area contributed by atoms with Gasteiger partial charge in [0, 0.05) is 23.0 Å². The molecule has 2 heterocycles. The summed E-state index contributed by atoms with van der Waals surface area (Å²) in [6.07, 6.45) is 6.86. The lowest BCUT2D eigenvalue weighted by Gasteiger charge is -2.29. The number of nitrogens with one attached hydrogen (secondary N) is 2. The SMILES string of the molecule is NC(=O)C1CCC(n2c(Nc3c(F)cc(Cl)cc3F)nc3cnc(NC4CCCC(O)C4)nc32)CC1. The zero-order valence-corrected chi connectivity index (χ0v) is 20.3. The summed E-state index contributed by atoms with van der Waals surface area (Å²) in [6, 6.07) is 1.98. The number of nitrogens with two attached hydrogens (primary N) is 1. The highest BCUT2D eigenvalue weighted by Gasteiger charge is 2.30. The third kappa shape index (κ3) is 5.08. The topological polar surface area (TPSA) is 131 Å². The first-order valence-corrected chi connectivity index (χ1v) is 12.6. The molecular formula is C24H28ClF2N7O2. The van der Waals surface area contributed by atoms with Crippen LogP contribution in [0.15, 0.2) is 18.3 Å². The van der Waals surface area contributed by atoms with E-state index < -0.39 is 11.6 Å². The molecule has 2 fully saturated rings. The highest BCUT2D eigenvalue weighted by molar-refractivity contribution is 6.30. The summed E-state index contributed by atoms with van der Waals surface area (Å²) in [7, 11) is 0. The molecular weight excluding hydrogens is 492 g/mol. The van der Waals surface area contributed by atoms with Crippen molar-refractivity contribution in [2.75, 3.05) is 10.6 Å². The van der Waals surface area contributed by atoms with E-state index >= 15 is 0 Å². The molecule has 2 aliphatic rings. The monoisotopic (exact) mass is 519 g/mol. The van der Waals surface area contributed by atoms with Gasteiger partial charge in [-0.1, -0.05) is 11.6 Å². The van der Waals surface area contributed by atoms with Gasteiger partial charge in [-0.15, -0.1) is 0 Å². The maximum absolute atomic E-state index is 14.6. The molecule has 5 rings (SSSR count). The number of aliphatic hydroxyl groups excluding tert-OH is 1. The highest BCUT2D eigenvalue weighted by atomic mass is 35.5. The Bertz CT molecular complexity index is 1260. The van der Waals surface area contributed by atoms with Crippen molar-refractivity contribution in [3.05, 3.63) is 35.0 Å². The number of anilines is 3. The second-order valence-electron chi connectivity index (χ2n) is 9.65. The third-order valence-electron chi connectivity index (χ3n) is 7.12. The number of benzene rings is 1. The lowest BCUT2D eigenvalue weighted by molar-refractivity contribution is -0.122. The Kier molecular flexibility index (Phi) is 6.94. The predicted molar refractivity (Wildman–Crippen MR) is 132 cm³/mol. The van der Waals surface area contributed by atoms with Crippen LogP contribution in [0.1, 0.15) is 57.4 Å². The van der Waals surface area contributed by atoms with Crippen LogP contribution in [0, 0.1) is 17.6 Å². The summed E-state index contributed by atoms with van der Waals surface area (Å²) >= 11 is 5.78. The van der Waals surface area contributed by atoms with Crippen molar-refractivity contribution in [1.82, 2.24) is 19.5 Å². The van der Waals surface area contributed by atoms with E-state index in [0.29, 0.717) is 49.2 Å².